The second-order valence-electron chi connectivity index (χ2n) is 6.31. The fourth-order valence-electron chi connectivity index (χ4n) is 1.39. The van der Waals surface area contributed by atoms with Crippen LogP contribution in [-0.2, 0) is 13.0 Å². The average molecular weight is 279 g/mol. The van der Waals surface area contributed by atoms with E-state index < -0.39 is 17.1 Å². The molecule has 0 unspecified atom stereocenters. The summed E-state index contributed by atoms with van der Waals surface area (Å²) >= 11 is 0. The molecule has 0 bridgehead atoms. The zero-order valence-electron chi connectivity index (χ0n) is 12.8. The second-order valence-corrected chi connectivity index (χ2v) is 13.3. The van der Waals surface area contributed by atoms with E-state index in [0.717, 1.165) is 13.2 Å². The molecule has 0 aliphatic rings. The molecule has 0 atom stereocenters. The van der Waals surface area contributed by atoms with E-state index in [9.17, 15) is 0 Å². The molecule has 0 spiro atoms. The van der Waals surface area contributed by atoms with Crippen molar-refractivity contribution < 1.29 is 13.0 Å². The Morgan fingerprint density at radius 3 is 1.24 bits per heavy atom. The highest BCUT2D eigenvalue weighted by Crippen LogP contribution is 2.18. The third kappa shape index (κ3) is 9.97. The highest BCUT2D eigenvalue weighted by molar-refractivity contribution is 6.78. The third-order valence-corrected chi connectivity index (χ3v) is 7.68. The molecule has 0 rings (SSSR count). The summed E-state index contributed by atoms with van der Waals surface area (Å²) in [6.45, 7) is 18.6. The van der Waals surface area contributed by atoms with Crippen LogP contribution in [0.2, 0.25) is 26.2 Å². The Morgan fingerprint density at radius 2 is 1.00 bits per heavy atom. The summed E-state index contributed by atoms with van der Waals surface area (Å²) in [7, 11) is -4.07. The van der Waals surface area contributed by atoms with Crippen molar-refractivity contribution in [3.8, 4) is 0 Å². The van der Waals surface area contributed by atoms with Crippen LogP contribution in [0.15, 0.2) is 0 Å². The summed E-state index contributed by atoms with van der Waals surface area (Å²) in [4.78, 5) is 0. The van der Waals surface area contributed by atoms with Crippen LogP contribution in [-0.4, -0.2) is 30.3 Å². The molecule has 17 heavy (non-hydrogen) atoms. The Bertz CT molecular complexity index is 194. The molecule has 104 valence electrons. The fourth-order valence-corrected chi connectivity index (χ4v) is 8.06. The molecule has 0 N–H and O–H groups in total. The molecule has 0 aromatic heterocycles. The van der Waals surface area contributed by atoms with E-state index in [2.05, 4.69) is 53.9 Å². The lowest BCUT2D eigenvalue weighted by Gasteiger charge is -2.33. The highest BCUT2D eigenvalue weighted by atomic mass is 28.5. The van der Waals surface area contributed by atoms with E-state index in [1.165, 1.54) is 0 Å². The van der Waals surface area contributed by atoms with Gasteiger partial charge in [0, 0.05) is 13.2 Å². The van der Waals surface area contributed by atoms with Crippen LogP contribution in [0.1, 0.15) is 27.7 Å². The second kappa shape index (κ2) is 7.04. The van der Waals surface area contributed by atoms with Crippen LogP contribution >= 0.6 is 0 Å². The predicted octanol–water partition coefficient (Wildman–Crippen LogP) is 3.75. The van der Waals surface area contributed by atoms with Gasteiger partial charge in [-0.2, -0.15) is 0 Å². The largest absolute Gasteiger partial charge is 0.415 e. The van der Waals surface area contributed by atoms with E-state index in [1.54, 1.807) is 0 Å². The van der Waals surface area contributed by atoms with Crippen molar-refractivity contribution in [2.75, 3.05) is 13.2 Å². The van der Waals surface area contributed by atoms with Crippen molar-refractivity contribution >= 4 is 17.1 Å². The van der Waals surface area contributed by atoms with Crippen molar-refractivity contribution in [2.45, 2.75) is 53.9 Å². The average Bonchev–Trinajstić information content (AvgIpc) is 2.10. The van der Waals surface area contributed by atoms with Gasteiger partial charge in [0.1, 0.15) is 0 Å². The number of rotatable bonds is 8. The topological polar surface area (TPSA) is 27.7 Å². The Hall–Kier alpha value is 0.314. The van der Waals surface area contributed by atoms with Gasteiger partial charge < -0.3 is 13.0 Å². The summed E-state index contributed by atoms with van der Waals surface area (Å²) in [5, 5.41) is 0. The molecular formula is C12H30O3Si2. The standard InChI is InChI=1S/C12H30O3Si2/c1-11(2)9-13-16(5,6)15-17(7,8)14-10-12(3)4/h11-12H,9-10H2,1-8H3. The van der Waals surface area contributed by atoms with Crippen LogP contribution in [0, 0.1) is 11.8 Å². The first kappa shape index (κ1) is 17.3. The molecule has 0 amide bonds. The van der Waals surface area contributed by atoms with Crippen molar-refractivity contribution in [3.05, 3.63) is 0 Å². The van der Waals surface area contributed by atoms with E-state index >= 15 is 0 Å². The molecule has 0 aromatic carbocycles. The van der Waals surface area contributed by atoms with Crippen LogP contribution in [0.4, 0.5) is 0 Å². The number of hydrogen-bond donors (Lipinski definition) is 0. The Labute approximate surface area is 109 Å². The van der Waals surface area contributed by atoms with Crippen LogP contribution < -0.4 is 0 Å². The molecule has 0 aliphatic heterocycles. The lowest BCUT2D eigenvalue weighted by atomic mass is 10.2. The van der Waals surface area contributed by atoms with Gasteiger partial charge >= 0.3 is 17.1 Å². The minimum Gasteiger partial charge on any atom is -0.415 e. The van der Waals surface area contributed by atoms with Crippen molar-refractivity contribution in [2.24, 2.45) is 11.8 Å². The van der Waals surface area contributed by atoms with Crippen LogP contribution in [0.3, 0.4) is 0 Å². The highest BCUT2D eigenvalue weighted by Gasteiger charge is 2.36. The Balaban J connectivity index is 4.17. The SMILES string of the molecule is CC(C)CO[Si](C)(C)O[Si](C)(C)OCC(C)C. The van der Waals surface area contributed by atoms with Gasteiger partial charge in [0.2, 0.25) is 0 Å². The summed E-state index contributed by atoms with van der Waals surface area (Å²) in [5.74, 6) is 1.10. The van der Waals surface area contributed by atoms with Crippen molar-refractivity contribution in [3.63, 3.8) is 0 Å². The molecular weight excluding hydrogens is 248 g/mol. The molecule has 0 fully saturated rings. The first-order chi connectivity index (χ1) is 7.54. The Kier molecular flexibility index (Phi) is 7.17. The molecule has 0 aromatic rings. The molecule has 0 radical (unpaired) electrons. The summed E-state index contributed by atoms with van der Waals surface area (Å²) in [5.41, 5.74) is 0. The molecule has 0 saturated heterocycles. The van der Waals surface area contributed by atoms with Gasteiger partial charge in [-0.15, -0.1) is 0 Å². The van der Waals surface area contributed by atoms with Crippen LogP contribution in [0.25, 0.3) is 0 Å². The minimum absolute atomic E-state index is 0.548. The monoisotopic (exact) mass is 278 g/mol. The molecule has 0 aliphatic carbocycles. The fraction of sp³-hybridized carbons (Fsp3) is 1.00. The van der Waals surface area contributed by atoms with E-state index in [1.807, 2.05) is 0 Å². The smallest absolute Gasteiger partial charge is 0.322 e. The lowest BCUT2D eigenvalue weighted by molar-refractivity contribution is 0.170. The third-order valence-electron chi connectivity index (χ3n) is 2.02. The maximum atomic E-state index is 6.16. The van der Waals surface area contributed by atoms with Gasteiger partial charge in [0.25, 0.3) is 0 Å². The van der Waals surface area contributed by atoms with Gasteiger partial charge in [-0.25, -0.2) is 0 Å². The molecule has 0 saturated carbocycles. The molecule has 5 heteroatoms. The normalized spacial score (nSPS) is 13.8. The first-order valence-electron chi connectivity index (χ1n) is 6.52. The van der Waals surface area contributed by atoms with Gasteiger partial charge in [-0.05, 0) is 38.0 Å². The zero-order valence-corrected chi connectivity index (χ0v) is 14.8. The van der Waals surface area contributed by atoms with Gasteiger partial charge in [0.15, 0.2) is 0 Å². The lowest BCUT2D eigenvalue weighted by Crippen LogP contribution is -2.49. The summed E-state index contributed by atoms with van der Waals surface area (Å²) in [6, 6.07) is 0. The minimum atomic E-state index is -2.04. The molecule has 0 heterocycles. The van der Waals surface area contributed by atoms with Gasteiger partial charge in [-0.1, -0.05) is 27.7 Å². The quantitative estimate of drug-likeness (QED) is 0.633. The van der Waals surface area contributed by atoms with Crippen molar-refractivity contribution in [1.29, 1.82) is 0 Å². The summed E-state index contributed by atoms with van der Waals surface area (Å²) in [6.07, 6.45) is 0. The zero-order chi connectivity index (χ0) is 13.7. The molecule has 3 nitrogen and oxygen atoms in total. The maximum Gasteiger partial charge on any atom is 0.322 e. The maximum absolute atomic E-state index is 6.16. The van der Waals surface area contributed by atoms with Crippen molar-refractivity contribution in [1.82, 2.24) is 0 Å². The van der Waals surface area contributed by atoms with Gasteiger partial charge in [0.05, 0.1) is 0 Å². The van der Waals surface area contributed by atoms with E-state index in [-0.39, 0.29) is 0 Å². The van der Waals surface area contributed by atoms with E-state index in [0.29, 0.717) is 11.8 Å². The Morgan fingerprint density at radius 1 is 0.706 bits per heavy atom. The van der Waals surface area contributed by atoms with Crippen LogP contribution in [0.5, 0.6) is 0 Å². The van der Waals surface area contributed by atoms with Gasteiger partial charge in [-0.3, -0.25) is 0 Å². The van der Waals surface area contributed by atoms with E-state index in [4.69, 9.17) is 13.0 Å². The number of hydrogen-bond acceptors (Lipinski definition) is 3. The first-order valence-corrected chi connectivity index (χ1v) is 12.2. The summed E-state index contributed by atoms with van der Waals surface area (Å²) < 4.78 is 18.0. The predicted molar refractivity (Wildman–Crippen MR) is 77.6 cm³/mol.